The summed E-state index contributed by atoms with van der Waals surface area (Å²) in [6.45, 7) is 26.0. The fourth-order valence-corrected chi connectivity index (χ4v) is 4.52. The van der Waals surface area contributed by atoms with Crippen molar-refractivity contribution in [2.75, 3.05) is 13.1 Å². The van der Waals surface area contributed by atoms with Crippen molar-refractivity contribution >= 4 is 46.5 Å². The fourth-order valence-electron chi connectivity index (χ4n) is 4.13. The van der Waals surface area contributed by atoms with E-state index in [4.69, 9.17) is 23.2 Å². The molecule has 0 aliphatic carbocycles. The number of nitrogens with one attached hydrogen (secondary N) is 2. The lowest BCUT2D eigenvalue weighted by Gasteiger charge is -2.25. The third-order valence-corrected chi connectivity index (χ3v) is 7.84. The van der Waals surface area contributed by atoms with Crippen molar-refractivity contribution in [2.24, 2.45) is 5.92 Å². The van der Waals surface area contributed by atoms with Gasteiger partial charge in [0.15, 0.2) is 0 Å². The molecule has 3 aromatic carbocycles. The molecular formula is C44H63Cl2F4N3O3. The number of amides is 3. The topological polar surface area (TPSA) is 78.5 Å². The average Bonchev–Trinajstić information content (AvgIpc) is 3.14. The summed E-state index contributed by atoms with van der Waals surface area (Å²) in [4.78, 5) is 33.2. The van der Waals surface area contributed by atoms with Gasteiger partial charge in [-0.25, -0.2) is 22.4 Å². The van der Waals surface area contributed by atoms with E-state index in [0.29, 0.717) is 12.1 Å². The molecule has 0 bridgehead atoms. The van der Waals surface area contributed by atoms with Gasteiger partial charge in [-0.1, -0.05) is 132 Å². The van der Waals surface area contributed by atoms with Crippen LogP contribution in [-0.4, -0.2) is 42.1 Å². The number of urea groups is 1. The van der Waals surface area contributed by atoms with Crippen LogP contribution in [0.25, 0.3) is 5.57 Å². The minimum absolute atomic E-state index is 0.0182. The molecule has 2 N–H and O–H groups in total. The maximum Gasteiger partial charge on any atom is 0.317 e. The Morgan fingerprint density at radius 1 is 0.804 bits per heavy atom. The van der Waals surface area contributed by atoms with Gasteiger partial charge in [-0.05, 0) is 86.6 Å². The molecular weight excluding hydrogens is 765 g/mol. The first-order valence-electron chi connectivity index (χ1n) is 18.6. The third kappa shape index (κ3) is 27.4. The summed E-state index contributed by atoms with van der Waals surface area (Å²) in [7, 11) is 0. The summed E-state index contributed by atoms with van der Waals surface area (Å²) in [5.74, 6) is -0.552. The lowest BCUT2D eigenvalue weighted by Crippen LogP contribution is -2.44. The van der Waals surface area contributed by atoms with Gasteiger partial charge in [0.2, 0.25) is 5.91 Å². The Morgan fingerprint density at radius 3 is 1.79 bits per heavy atom. The molecule has 0 fully saturated rings. The molecule has 0 saturated carbocycles. The van der Waals surface area contributed by atoms with Crippen LogP contribution >= 0.6 is 23.2 Å². The second-order valence-electron chi connectivity index (χ2n) is 12.2. The number of carbonyl (C=O) groups is 3. The summed E-state index contributed by atoms with van der Waals surface area (Å²) in [5.41, 5.74) is 5.30. The summed E-state index contributed by atoms with van der Waals surface area (Å²) in [5, 5.41) is 5.87. The highest BCUT2D eigenvalue weighted by molar-refractivity contribution is 6.32. The molecule has 1 unspecified atom stereocenters. The van der Waals surface area contributed by atoms with Gasteiger partial charge < -0.3 is 20.3 Å². The average molecular weight is 829 g/mol. The molecule has 314 valence electrons. The first-order valence-corrected chi connectivity index (χ1v) is 19.3. The van der Waals surface area contributed by atoms with E-state index >= 15 is 0 Å². The number of halogens is 6. The van der Waals surface area contributed by atoms with Crippen molar-refractivity contribution < 1.29 is 31.9 Å². The lowest BCUT2D eigenvalue weighted by atomic mass is 10.1. The lowest BCUT2D eigenvalue weighted by molar-refractivity contribution is -0.119. The summed E-state index contributed by atoms with van der Waals surface area (Å²) < 4.78 is 51.3. The van der Waals surface area contributed by atoms with Crippen LogP contribution < -0.4 is 10.6 Å². The zero-order valence-electron chi connectivity index (χ0n) is 35.2. The number of carbonyl (C=O) groups excluding carboxylic acids is 3. The minimum atomic E-state index is -2.60. The zero-order chi connectivity index (χ0) is 44.0. The van der Waals surface area contributed by atoms with Crippen LogP contribution in [0.4, 0.5) is 22.4 Å². The first-order chi connectivity index (χ1) is 26.3. The predicted octanol–water partition coefficient (Wildman–Crippen LogP) is 13.0. The Bertz CT molecular complexity index is 1630. The van der Waals surface area contributed by atoms with Crippen LogP contribution in [0.2, 0.25) is 10.0 Å². The SMILES string of the molecule is C=C(C)/C=C(\C)c1cccc(F)c1.CC.CC.CC(=O)NCc1cccc(C)c1Cl.CC(C)=O.CCC(C)CN(CC(F)F)C(=O)NCc1cccc(F)c1Cl. The quantitative estimate of drug-likeness (QED) is 0.149. The second-order valence-corrected chi connectivity index (χ2v) is 13.0. The number of ketones is 1. The number of aryl methyl sites for hydroxylation is 1. The van der Waals surface area contributed by atoms with Crippen molar-refractivity contribution in [3.8, 4) is 0 Å². The van der Waals surface area contributed by atoms with Gasteiger partial charge in [0.25, 0.3) is 6.43 Å². The maximum atomic E-state index is 13.3. The van der Waals surface area contributed by atoms with E-state index in [1.807, 2.05) is 92.7 Å². The molecule has 12 heteroatoms. The molecule has 56 heavy (non-hydrogen) atoms. The highest BCUT2D eigenvalue weighted by atomic mass is 35.5. The van der Waals surface area contributed by atoms with Gasteiger partial charge in [-0.15, -0.1) is 0 Å². The van der Waals surface area contributed by atoms with Crippen LogP contribution in [-0.2, 0) is 22.7 Å². The Kier molecular flexibility index (Phi) is 33.1. The van der Waals surface area contributed by atoms with Crippen LogP contribution in [0.1, 0.15) is 105 Å². The summed E-state index contributed by atoms with van der Waals surface area (Å²) >= 11 is 11.8. The van der Waals surface area contributed by atoms with Gasteiger partial charge in [0.05, 0.1) is 11.6 Å². The molecule has 3 aromatic rings. The van der Waals surface area contributed by atoms with Crippen LogP contribution in [0.5, 0.6) is 0 Å². The minimum Gasteiger partial charge on any atom is -0.352 e. The maximum absolute atomic E-state index is 13.3. The van der Waals surface area contributed by atoms with E-state index in [2.05, 4.69) is 17.2 Å². The number of allylic oxidation sites excluding steroid dienone is 3. The van der Waals surface area contributed by atoms with Crippen LogP contribution in [0, 0.1) is 24.5 Å². The molecule has 0 radical (unpaired) electrons. The number of alkyl halides is 2. The van der Waals surface area contributed by atoms with Gasteiger partial charge >= 0.3 is 6.03 Å². The van der Waals surface area contributed by atoms with Gasteiger partial charge in [-0.2, -0.15) is 0 Å². The predicted molar refractivity (Wildman–Crippen MR) is 228 cm³/mol. The number of hydrogen-bond donors (Lipinski definition) is 2. The zero-order valence-corrected chi connectivity index (χ0v) is 36.7. The standard InChI is InChI=1S/C15H20ClF3N2O.C12H13F.C10H12ClNO.C3H6O.2C2H6/c1-3-10(2)8-21(9-13(18)19)15(22)20-7-11-5-4-6-12(17)14(11)16;1-9(2)7-10(3)11-5-4-6-12(13)8-11;1-7-4-3-5-9(10(7)11)6-12-8(2)13;1-3(2)4;2*1-2/h4-6,10,13H,3,7-9H2,1-2H3,(H,20,22);4-8H,1H2,2-3H3;3-5H,6H2,1-2H3,(H,12,13);1-2H3;2*1-2H3/b;10-7+;;;;. The van der Waals surface area contributed by atoms with E-state index in [9.17, 15) is 31.9 Å². The largest absolute Gasteiger partial charge is 0.352 e. The second kappa shape index (κ2) is 33.0. The molecule has 0 aliphatic heterocycles. The summed E-state index contributed by atoms with van der Waals surface area (Å²) in [6.07, 6.45) is 0.116. The van der Waals surface area contributed by atoms with Gasteiger partial charge in [0.1, 0.15) is 17.4 Å². The highest BCUT2D eigenvalue weighted by Gasteiger charge is 2.20. The van der Waals surface area contributed by atoms with Crippen molar-refractivity contribution in [3.05, 3.63) is 123 Å². The van der Waals surface area contributed by atoms with E-state index in [1.54, 1.807) is 12.1 Å². The van der Waals surface area contributed by atoms with E-state index in [-0.39, 0.29) is 41.5 Å². The Labute approximate surface area is 343 Å². The van der Waals surface area contributed by atoms with E-state index < -0.39 is 24.8 Å². The number of benzene rings is 3. The molecule has 0 aromatic heterocycles. The number of nitrogens with zero attached hydrogens (tertiary/aromatic N) is 1. The molecule has 0 saturated heterocycles. The first kappa shape index (κ1) is 56.2. The molecule has 0 spiro atoms. The summed E-state index contributed by atoms with van der Waals surface area (Å²) in [6, 6.07) is 16.0. The Hall–Kier alpha value is -4.15. The van der Waals surface area contributed by atoms with Crippen molar-refractivity contribution in [1.29, 1.82) is 0 Å². The monoisotopic (exact) mass is 827 g/mol. The smallest absolute Gasteiger partial charge is 0.317 e. The third-order valence-electron chi connectivity index (χ3n) is 6.88. The highest BCUT2D eigenvalue weighted by Crippen LogP contribution is 2.21. The van der Waals surface area contributed by atoms with Crippen LogP contribution in [0.15, 0.2) is 78.9 Å². The molecule has 3 rings (SSSR count). The number of hydrogen-bond acceptors (Lipinski definition) is 3. The number of rotatable bonds is 11. The molecule has 6 nitrogen and oxygen atoms in total. The molecule has 3 amide bonds. The number of Topliss-reactive ketones (excluding diaryl/α,β-unsaturated/α-hetero) is 1. The molecule has 0 heterocycles. The van der Waals surface area contributed by atoms with E-state index in [0.717, 1.165) is 44.2 Å². The molecule has 1 atom stereocenters. The van der Waals surface area contributed by atoms with E-state index in [1.165, 1.54) is 45.0 Å². The normalized spacial score (nSPS) is 10.4. The van der Waals surface area contributed by atoms with Crippen molar-refractivity contribution in [3.63, 3.8) is 0 Å². The van der Waals surface area contributed by atoms with Crippen molar-refractivity contribution in [2.45, 2.75) is 109 Å². The van der Waals surface area contributed by atoms with Crippen molar-refractivity contribution in [1.82, 2.24) is 15.5 Å². The van der Waals surface area contributed by atoms with Gasteiger partial charge in [-0.3, -0.25) is 4.79 Å². The Morgan fingerprint density at radius 2 is 1.30 bits per heavy atom. The van der Waals surface area contributed by atoms with Crippen LogP contribution in [0.3, 0.4) is 0 Å². The Balaban J connectivity index is -0.000000714. The van der Waals surface area contributed by atoms with Gasteiger partial charge in [0, 0.05) is 31.6 Å². The fraction of sp³-hybridized carbons (Fsp3) is 0.432. The molecule has 0 aliphatic rings.